The van der Waals surface area contributed by atoms with Crippen molar-refractivity contribution in [2.75, 3.05) is 5.73 Å². The third kappa shape index (κ3) is 3.22. The number of nitro benzene ring substituents is 1. The molecule has 0 bridgehead atoms. The maximum absolute atomic E-state index is 12.2. The van der Waals surface area contributed by atoms with Crippen LogP contribution in [0, 0.1) is 10.1 Å². The van der Waals surface area contributed by atoms with Crippen molar-refractivity contribution in [3.63, 3.8) is 0 Å². The van der Waals surface area contributed by atoms with E-state index < -0.39 is 16.6 Å². The van der Waals surface area contributed by atoms with E-state index in [0.717, 1.165) is 4.57 Å². The minimum Gasteiger partial charge on any atom is -0.443 e. The predicted molar refractivity (Wildman–Crippen MR) is 80.4 cm³/mol. The molecule has 0 aliphatic heterocycles. The van der Waals surface area contributed by atoms with Crippen molar-refractivity contribution in [3.8, 4) is 11.3 Å². The molecule has 8 heteroatoms. The summed E-state index contributed by atoms with van der Waals surface area (Å²) >= 11 is 0. The summed E-state index contributed by atoms with van der Waals surface area (Å²) in [5.41, 5.74) is 5.70. The highest BCUT2D eigenvalue weighted by molar-refractivity contribution is 5.81. The molecule has 22 heavy (non-hydrogen) atoms. The molecule has 1 heterocycles. The van der Waals surface area contributed by atoms with Gasteiger partial charge in [-0.2, -0.15) is 0 Å². The van der Waals surface area contributed by atoms with Gasteiger partial charge in [0.15, 0.2) is 0 Å². The fourth-order valence-electron chi connectivity index (χ4n) is 1.85. The van der Waals surface area contributed by atoms with E-state index in [9.17, 15) is 14.9 Å². The summed E-state index contributed by atoms with van der Waals surface area (Å²) in [7, 11) is 0. The summed E-state index contributed by atoms with van der Waals surface area (Å²) < 4.78 is 6.36. The van der Waals surface area contributed by atoms with Gasteiger partial charge in [-0.3, -0.25) is 10.1 Å². The fraction of sp³-hybridized carbons (Fsp3) is 0.286. The number of nitrogens with two attached hydrogens (primary N) is 1. The van der Waals surface area contributed by atoms with Gasteiger partial charge in [-0.1, -0.05) is 12.1 Å². The number of anilines is 1. The van der Waals surface area contributed by atoms with Crippen LogP contribution >= 0.6 is 0 Å². The number of nitro groups is 1. The van der Waals surface area contributed by atoms with Crippen LogP contribution in [0.5, 0.6) is 0 Å². The molecule has 0 aliphatic rings. The van der Waals surface area contributed by atoms with Gasteiger partial charge in [0, 0.05) is 17.7 Å². The van der Waals surface area contributed by atoms with Gasteiger partial charge in [0.2, 0.25) is 5.95 Å². The lowest BCUT2D eigenvalue weighted by molar-refractivity contribution is -0.384. The van der Waals surface area contributed by atoms with E-state index in [-0.39, 0.29) is 11.6 Å². The molecule has 0 saturated heterocycles. The molecule has 1 aromatic carbocycles. The van der Waals surface area contributed by atoms with Crippen molar-refractivity contribution < 1.29 is 14.5 Å². The molecule has 0 fully saturated rings. The Kier molecular flexibility index (Phi) is 3.85. The van der Waals surface area contributed by atoms with Crippen molar-refractivity contribution >= 4 is 17.7 Å². The molecule has 0 unspecified atom stereocenters. The number of hydrogen-bond acceptors (Lipinski definition) is 6. The smallest absolute Gasteiger partial charge is 0.421 e. The van der Waals surface area contributed by atoms with Crippen LogP contribution in [0.3, 0.4) is 0 Å². The molecule has 0 saturated carbocycles. The van der Waals surface area contributed by atoms with E-state index in [1.54, 1.807) is 26.8 Å². The van der Waals surface area contributed by atoms with Crippen molar-refractivity contribution in [2.24, 2.45) is 0 Å². The Morgan fingerprint density at radius 1 is 1.41 bits per heavy atom. The van der Waals surface area contributed by atoms with Crippen LogP contribution in [0.2, 0.25) is 0 Å². The Labute approximate surface area is 126 Å². The monoisotopic (exact) mass is 304 g/mol. The first kappa shape index (κ1) is 15.5. The zero-order chi connectivity index (χ0) is 16.5. The third-order valence-electron chi connectivity index (χ3n) is 2.72. The molecular formula is C14H16N4O4. The molecule has 8 nitrogen and oxygen atoms in total. The van der Waals surface area contributed by atoms with Crippen LogP contribution in [0.25, 0.3) is 11.3 Å². The Morgan fingerprint density at radius 2 is 2.09 bits per heavy atom. The number of rotatable bonds is 2. The fourth-order valence-corrected chi connectivity index (χ4v) is 1.85. The van der Waals surface area contributed by atoms with E-state index in [0.29, 0.717) is 11.3 Å². The lowest BCUT2D eigenvalue weighted by Crippen LogP contribution is -2.28. The first-order valence-corrected chi connectivity index (χ1v) is 6.50. The minimum atomic E-state index is -0.701. The van der Waals surface area contributed by atoms with Crippen LogP contribution in [0.1, 0.15) is 20.8 Å². The molecule has 0 aliphatic carbocycles. The molecule has 0 atom stereocenters. The minimum absolute atomic E-state index is 0.0456. The van der Waals surface area contributed by atoms with Gasteiger partial charge in [0.1, 0.15) is 5.60 Å². The molecule has 1 aromatic heterocycles. The maximum Gasteiger partial charge on any atom is 0.421 e. The number of carbonyl (C=O) groups excluding carboxylic acids is 1. The molecule has 0 radical (unpaired) electrons. The highest BCUT2D eigenvalue weighted by Crippen LogP contribution is 2.26. The number of aromatic nitrogens is 2. The summed E-state index contributed by atoms with van der Waals surface area (Å²) in [5, 5.41) is 10.9. The molecule has 2 rings (SSSR count). The van der Waals surface area contributed by atoms with Crippen LogP contribution in [-0.2, 0) is 4.74 Å². The van der Waals surface area contributed by atoms with Crippen LogP contribution < -0.4 is 5.73 Å². The second kappa shape index (κ2) is 5.47. The molecule has 2 aromatic rings. The van der Waals surface area contributed by atoms with E-state index in [4.69, 9.17) is 10.5 Å². The van der Waals surface area contributed by atoms with Crippen molar-refractivity contribution in [1.29, 1.82) is 0 Å². The average Bonchev–Trinajstić information content (AvgIpc) is 2.79. The number of carbonyl (C=O) groups is 1. The van der Waals surface area contributed by atoms with Gasteiger partial charge >= 0.3 is 6.09 Å². The standard InChI is InChI=1S/C14H16N4O4/c1-14(2,3)22-13(19)17-11(8-16-12(17)15)9-5-4-6-10(7-9)18(20)21/h4-8H,1-3H3,(H2,15,16). The van der Waals surface area contributed by atoms with Crippen molar-refractivity contribution in [2.45, 2.75) is 26.4 Å². The van der Waals surface area contributed by atoms with Crippen molar-refractivity contribution in [1.82, 2.24) is 9.55 Å². The molecule has 2 N–H and O–H groups in total. The first-order chi connectivity index (χ1) is 10.2. The summed E-state index contributed by atoms with van der Waals surface area (Å²) in [5.74, 6) is -0.0456. The van der Waals surface area contributed by atoms with Crippen LogP contribution in [0.15, 0.2) is 30.5 Å². The summed E-state index contributed by atoms with van der Waals surface area (Å²) in [6.07, 6.45) is 0.683. The summed E-state index contributed by atoms with van der Waals surface area (Å²) in [6, 6.07) is 5.86. The Balaban J connectivity index is 2.48. The number of hydrogen-bond donors (Lipinski definition) is 1. The Bertz CT molecular complexity index is 731. The normalized spacial score (nSPS) is 11.2. The van der Waals surface area contributed by atoms with Gasteiger partial charge < -0.3 is 10.5 Å². The number of imidazole rings is 1. The number of nitrogens with zero attached hydrogens (tertiary/aromatic N) is 3. The van der Waals surface area contributed by atoms with E-state index in [2.05, 4.69) is 4.98 Å². The van der Waals surface area contributed by atoms with Gasteiger partial charge in [0.05, 0.1) is 16.8 Å². The number of nitrogen functional groups attached to an aromatic ring is 1. The van der Waals surface area contributed by atoms with Crippen LogP contribution in [-0.4, -0.2) is 26.2 Å². The zero-order valence-electron chi connectivity index (χ0n) is 12.4. The van der Waals surface area contributed by atoms with E-state index >= 15 is 0 Å². The Morgan fingerprint density at radius 3 is 2.68 bits per heavy atom. The Hall–Kier alpha value is -2.90. The quantitative estimate of drug-likeness (QED) is 0.674. The first-order valence-electron chi connectivity index (χ1n) is 6.50. The van der Waals surface area contributed by atoms with E-state index in [1.165, 1.54) is 24.4 Å². The van der Waals surface area contributed by atoms with Crippen molar-refractivity contribution in [3.05, 3.63) is 40.6 Å². The SMILES string of the molecule is CC(C)(C)OC(=O)n1c(-c2cccc([N+](=O)[O-])c2)cnc1N. The topological polar surface area (TPSA) is 113 Å². The van der Waals surface area contributed by atoms with E-state index in [1.807, 2.05) is 0 Å². The highest BCUT2D eigenvalue weighted by atomic mass is 16.6. The average molecular weight is 304 g/mol. The molecule has 0 amide bonds. The van der Waals surface area contributed by atoms with Gasteiger partial charge in [-0.15, -0.1) is 0 Å². The summed E-state index contributed by atoms with van der Waals surface area (Å²) in [6.45, 7) is 5.18. The van der Waals surface area contributed by atoms with Gasteiger partial charge in [-0.05, 0) is 20.8 Å². The largest absolute Gasteiger partial charge is 0.443 e. The molecule has 116 valence electrons. The molecular weight excluding hydrogens is 288 g/mol. The second-order valence-corrected chi connectivity index (χ2v) is 5.62. The number of benzene rings is 1. The lowest BCUT2D eigenvalue weighted by Gasteiger charge is -2.20. The number of non-ortho nitro benzene ring substituents is 1. The molecule has 0 spiro atoms. The lowest BCUT2D eigenvalue weighted by atomic mass is 10.1. The zero-order valence-corrected chi connectivity index (χ0v) is 12.4. The highest BCUT2D eigenvalue weighted by Gasteiger charge is 2.23. The third-order valence-corrected chi connectivity index (χ3v) is 2.72. The number of ether oxygens (including phenoxy) is 1. The van der Waals surface area contributed by atoms with Gasteiger partial charge in [-0.25, -0.2) is 14.3 Å². The van der Waals surface area contributed by atoms with Crippen LogP contribution in [0.4, 0.5) is 16.4 Å². The van der Waals surface area contributed by atoms with Gasteiger partial charge in [0.25, 0.3) is 5.69 Å². The predicted octanol–water partition coefficient (Wildman–Crippen LogP) is 2.82. The second-order valence-electron chi connectivity index (χ2n) is 5.62. The summed E-state index contributed by atoms with van der Waals surface area (Å²) in [4.78, 5) is 26.5. The maximum atomic E-state index is 12.2.